The number of hydrogen-bond donors (Lipinski definition) is 2. The predicted molar refractivity (Wildman–Crippen MR) is 80.8 cm³/mol. The van der Waals surface area contributed by atoms with Gasteiger partial charge in [-0.15, -0.1) is 12.6 Å². The van der Waals surface area contributed by atoms with Crippen molar-refractivity contribution in [2.24, 2.45) is 0 Å². The summed E-state index contributed by atoms with van der Waals surface area (Å²) >= 11 is 11.2. The van der Waals surface area contributed by atoms with Gasteiger partial charge in [-0.25, -0.2) is 0 Å². The van der Waals surface area contributed by atoms with Crippen LogP contribution in [0.4, 0.5) is 0 Å². The summed E-state index contributed by atoms with van der Waals surface area (Å²) in [6, 6.07) is 0. The van der Waals surface area contributed by atoms with Crippen LogP contribution in [0.3, 0.4) is 0 Å². The van der Waals surface area contributed by atoms with E-state index >= 15 is 0 Å². The lowest BCUT2D eigenvalue weighted by Crippen LogP contribution is -2.17. The van der Waals surface area contributed by atoms with E-state index in [0.29, 0.717) is 4.32 Å². The molecule has 14 heavy (non-hydrogen) atoms. The first-order valence-corrected chi connectivity index (χ1v) is 7.68. The van der Waals surface area contributed by atoms with Crippen LogP contribution in [0.25, 0.3) is 0 Å². The number of rotatable bonds is 9. The fourth-order valence-electron chi connectivity index (χ4n) is 1.30. The second kappa shape index (κ2) is 12.0. The molecule has 0 saturated heterocycles. The molecule has 1 N–H and O–H groups in total. The van der Waals surface area contributed by atoms with Crippen LogP contribution in [0.2, 0.25) is 0 Å². The lowest BCUT2D eigenvalue weighted by Gasteiger charge is -2.03. The smallest absolute Gasteiger partial charge is 0.130 e. The Labute approximate surface area is 112 Å². The van der Waals surface area contributed by atoms with Crippen LogP contribution >= 0.6 is 47.4 Å². The molecule has 0 saturated carbocycles. The monoisotopic (exact) mass is 345 g/mol. The minimum Gasteiger partial charge on any atom is -0.371 e. The molecule has 0 aromatic heterocycles. The van der Waals surface area contributed by atoms with Crippen LogP contribution in [-0.2, 0) is 0 Å². The van der Waals surface area contributed by atoms with Gasteiger partial charge in [-0.2, -0.15) is 0 Å². The van der Waals surface area contributed by atoms with Gasteiger partial charge in [0.05, 0.1) is 0 Å². The Bertz CT molecular complexity index is 142. The topological polar surface area (TPSA) is 12.0 Å². The highest BCUT2D eigenvalue weighted by Gasteiger charge is 1.91. The average Bonchev–Trinajstić information content (AvgIpc) is 2.15. The number of alkyl halides is 1. The van der Waals surface area contributed by atoms with Crippen LogP contribution in [0.1, 0.15) is 44.9 Å². The van der Waals surface area contributed by atoms with Crippen molar-refractivity contribution < 1.29 is 0 Å². The van der Waals surface area contributed by atoms with Crippen LogP contribution in [0.5, 0.6) is 0 Å². The molecular weight excluding hydrogens is 325 g/mol. The first-order valence-electron chi connectivity index (χ1n) is 5.30. The number of nitrogens with one attached hydrogen (secondary N) is 1. The summed E-state index contributed by atoms with van der Waals surface area (Å²) in [5, 5.41) is 3.05. The fourth-order valence-corrected chi connectivity index (χ4v) is 2.05. The fraction of sp³-hybridized carbons (Fsp3) is 0.900. The molecule has 0 aliphatic heterocycles. The van der Waals surface area contributed by atoms with Crippen LogP contribution in [0.15, 0.2) is 0 Å². The van der Waals surface area contributed by atoms with Crippen molar-refractivity contribution in [1.29, 1.82) is 0 Å². The van der Waals surface area contributed by atoms with E-state index in [1.165, 1.54) is 49.4 Å². The summed E-state index contributed by atoms with van der Waals surface area (Å²) < 4.78 is 1.92. The molecule has 0 heterocycles. The summed E-state index contributed by atoms with van der Waals surface area (Å²) in [4.78, 5) is 0. The molecule has 0 aromatic rings. The van der Waals surface area contributed by atoms with Gasteiger partial charge < -0.3 is 5.32 Å². The normalized spacial score (nSPS) is 10.1. The molecule has 4 heteroatoms. The molecule has 0 spiro atoms. The zero-order valence-electron chi connectivity index (χ0n) is 8.60. The molecule has 0 rings (SSSR count). The maximum Gasteiger partial charge on any atom is 0.130 e. The summed E-state index contributed by atoms with van der Waals surface area (Å²) in [6.07, 6.45) is 9.48. The minimum absolute atomic E-state index is 0.618. The van der Waals surface area contributed by atoms with Crippen molar-refractivity contribution in [3.63, 3.8) is 0 Å². The van der Waals surface area contributed by atoms with E-state index in [4.69, 9.17) is 12.2 Å². The van der Waals surface area contributed by atoms with Crippen LogP contribution in [0, 0.1) is 0 Å². The maximum atomic E-state index is 4.80. The van der Waals surface area contributed by atoms with Crippen LogP contribution in [-0.4, -0.2) is 15.3 Å². The first-order chi connectivity index (χ1) is 6.77. The Hall–Kier alpha value is 0.970. The summed E-state index contributed by atoms with van der Waals surface area (Å²) in [5.41, 5.74) is 0. The van der Waals surface area contributed by atoms with Crippen molar-refractivity contribution in [3.05, 3.63) is 0 Å². The Kier molecular flexibility index (Phi) is 12.9. The van der Waals surface area contributed by atoms with Crippen molar-refractivity contribution in [1.82, 2.24) is 5.32 Å². The zero-order chi connectivity index (χ0) is 10.6. The molecule has 84 valence electrons. The molecular formula is C10H20INS2. The van der Waals surface area contributed by atoms with Crippen molar-refractivity contribution in [2.45, 2.75) is 44.9 Å². The number of hydrogen-bond acceptors (Lipinski definition) is 1. The highest BCUT2D eigenvalue weighted by Crippen LogP contribution is 2.07. The third-order valence-corrected chi connectivity index (χ3v) is 3.15. The Morgan fingerprint density at radius 1 is 1.00 bits per heavy atom. The third kappa shape index (κ3) is 13.0. The van der Waals surface area contributed by atoms with Gasteiger partial charge in [-0.05, 0) is 17.3 Å². The highest BCUT2D eigenvalue weighted by molar-refractivity contribution is 14.1. The standard InChI is InChI=1S/C10H20INS2/c11-8-6-4-2-1-3-5-7-9-12-10(13)14/h1-9H2,(H2,12,13,14). The largest absolute Gasteiger partial charge is 0.371 e. The lowest BCUT2D eigenvalue weighted by molar-refractivity contribution is 0.589. The number of thiocarbonyl (C=S) groups is 1. The SMILES string of the molecule is S=C(S)NCCCCCCCCCI. The van der Waals surface area contributed by atoms with Gasteiger partial charge in [0.25, 0.3) is 0 Å². The van der Waals surface area contributed by atoms with E-state index < -0.39 is 0 Å². The molecule has 1 nitrogen and oxygen atoms in total. The van der Waals surface area contributed by atoms with Crippen molar-refractivity contribution in [3.8, 4) is 0 Å². The molecule has 0 aromatic carbocycles. The van der Waals surface area contributed by atoms with Gasteiger partial charge >= 0.3 is 0 Å². The van der Waals surface area contributed by atoms with Gasteiger partial charge in [0.15, 0.2) is 0 Å². The van der Waals surface area contributed by atoms with Gasteiger partial charge in [-0.3, -0.25) is 0 Å². The highest BCUT2D eigenvalue weighted by atomic mass is 127. The van der Waals surface area contributed by atoms with E-state index in [0.717, 1.165) is 6.54 Å². The molecule has 0 bridgehead atoms. The minimum atomic E-state index is 0.618. The second-order valence-corrected chi connectivity index (χ2v) is 5.63. The molecule has 0 aliphatic carbocycles. The summed E-state index contributed by atoms with van der Waals surface area (Å²) in [7, 11) is 0. The van der Waals surface area contributed by atoms with Gasteiger partial charge in [0.2, 0.25) is 0 Å². The quantitative estimate of drug-likeness (QED) is 0.216. The zero-order valence-corrected chi connectivity index (χ0v) is 12.5. The van der Waals surface area contributed by atoms with Crippen molar-refractivity contribution in [2.75, 3.05) is 11.0 Å². The number of halogens is 1. The lowest BCUT2D eigenvalue weighted by atomic mass is 10.1. The predicted octanol–water partition coefficient (Wildman–Crippen LogP) is 3.96. The Morgan fingerprint density at radius 3 is 2.00 bits per heavy atom. The number of unbranched alkanes of at least 4 members (excludes halogenated alkanes) is 6. The second-order valence-electron chi connectivity index (χ2n) is 3.40. The molecule has 0 unspecified atom stereocenters. The average molecular weight is 345 g/mol. The summed E-state index contributed by atoms with van der Waals surface area (Å²) in [5.74, 6) is 0. The van der Waals surface area contributed by atoms with Gasteiger partial charge in [0.1, 0.15) is 4.32 Å². The van der Waals surface area contributed by atoms with E-state index in [1.807, 2.05) is 0 Å². The van der Waals surface area contributed by atoms with Gasteiger partial charge in [-0.1, -0.05) is 66.9 Å². The molecule has 0 amide bonds. The Morgan fingerprint density at radius 2 is 1.50 bits per heavy atom. The molecule has 0 radical (unpaired) electrons. The van der Waals surface area contributed by atoms with E-state index in [2.05, 4.69) is 40.5 Å². The molecule has 0 atom stereocenters. The maximum absolute atomic E-state index is 4.80. The van der Waals surface area contributed by atoms with E-state index in [-0.39, 0.29) is 0 Å². The Balaban J connectivity index is 2.88. The third-order valence-electron chi connectivity index (χ3n) is 2.09. The summed E-state index contributed by atoms with van der Waals surface area (Å²) in [6.45, 7) is 0.982. The molecule has 0 aliphatic rings. The van der Waals surface area contributed by atoms with E-state index in [1.54, 1.807) is 0 Å². The number of thiol groups is 1. The molecule has 0 fully saturated rings. The van der Waals surface area contributed by atoms with E-state index in [9.17, 15) is 0 Å². The first kappa shape index (κ1) is 15.0. The van der Waals surface area contributed by atoms with Gasteiger partial charge in [0, 0.05) is 6.54 Å². The van der Waals surface area contributed by atoms with Crippen LogP contribution < -0.4 is 5.32 Å². The van der Waals surface area contributed by atoms with Crippen molar-refractivity contribution >= 4 is 51.8 Å².